The van der Waals surface area contributed by atoms with E-state index in [2.05, 4.69) is 21.2 Å². The van der Waals surface area contributed by atoms with Crippen molar-refractivity contribution < 1.29 is 18.7 Å². The van der Waals surface area contributed by atoms with Crippen LogP contribution in [0, 0.1) is 17.6 Å². The number of benzene rings is 1. The van der Waals surface area contributed by atoms with E-state index in [1.54, 1.807) is 0 Å². The molecule has 0 aliphatic heterocycles. The Morgan fingerprint density at radius 1 is 1.50 bits per heavy atom. The number of aliphatic carboxylic acids is 1. The predicted molar refractivity (Wildman–Crippen MR) is 59.3 cm³/mol. The van der Waals surface area contributed by atoms with Crippen LogP contribution in [0.1, 0.15) is 6.92 Å². The standard InChI is InChI=1S/C10H10BrF2NO2/c1-5(10(15)16)4-14-9-7(12)2-6(11)3-8(9)13/h2-3,5,14H,4H2,1H3,(H,15,16). The van der Waals surface area contributed by atoms with Crippen molar-refractivity contribution in [1.29, 1.82) is 0 Å². The van der Waals surface area contributed by atoms with Crippen LogP contribution < -0.4 is 5.32 Å². The fraction of sp³-hybridized carbons (Fsp3) is 0.300. The van der Waals surface area contributed by atoms with Crippen molar-refractivity contribution >= 4 is 27.6 Å². The molecule has 0 amide bonds. The summed E-state index contributed by atoms with van der Waals surface area (Å²) in [4.78, 5) is 10.5. The number of rotatable bonds is 4. The van der Waals surface area contributed by atoms with Gasteiger partial charge in [0.25, 0.3) is 0 Å². The lowest BCUT2D eigenvalue weighted by Crippen LogP contribution is -2.20. The van der Waals surface area contributed by atoms with Gasteiger partial charge in [-0.2, -0.15) is 0 Å². The van der Waals surface area contributed by atoms with E-state index in [0.717, 1.165) is 12.1 Å². The molecular weight excluding hydrogens is 284 g/mol. The van der Waals surface area contributed by atoms with Crippen molar-refractivity contribution in [2.75, 3.05) is 11.9 Å². The van der Waals surface area contributed by atoms with Gasteiger partial charge in [-0.1, -0.05) is 22.9 Å². The Hall–Kier alpha value is -1.17. The number of carbonyl (C=O) groups is 1. The van der Waals surface area contributed by atoms with Gasteiger partial charge in [-0.15, -0.1) is 0 Å². The molecule has 0 aliphatic carbocycles. The van der Waals surface area contributed by atoms with Gasteiger partial charge in [0.15, 0.2) is 0 Å². The lowest BCUT2D eigenvalue weighted by Gasteiger charge is -2.11. The van der Waals surface area contributed by atoms with Crippen LogP contribution in [-0.4, -0.2) is 17.6 Å². The number of nitrogens with one attached hydrogen (secondary N) is 1. The SMILES string of the molecule is CC(CNc1c(F)cc(Br)cc1F)C(=O)O. The fourth-order valence-electron chi connectivity index (χ4n) is 1.05. The molecular formula is C10H10BrF2NO2. The van der Waals surface area contributed by atoms with Gasteiger partial charge in [-0.3, -0.25) is 4.79 Å². The summed E-state index contributed by atoms with van der Waals surface area (Å²) in [5, 5.41) is 11.0. The van der Waals surface area contributed by atoms with Gasteiger partial charge < -0.3 is 10.4 Å². The molecule has 0 spiro atoms. The maximum atomic E-state index is 13.3. The van der Waals surface area contributed by atoms with Gasteiger partial charge in [-0.05, 0) is 12.1 Å². The average molecular weight is 294 g/mol. The van der Waals surface area contributed by atoms with Crippen LogP contribution in [0.2, 0.25) is 0 Å². The molecule has 0 aromatic heterocycles. The first kappa shape index (κ1) is 12.9. The number of halogens is 3. The maximum Gasteiger partial charge on any atom is 0.308 e. The van der Waals surface area contributed by atoms with Gasteiger partial charge >= 0.3 is 5.97 Å². The van der Waals surface area contributed by atoms with Crippen molar-refractivity contribution in [3.05, 3.63) is 28.2 Å². The zero-order valence-electron chi connectivity index (χ0n) is 8.43. The lowest BCUT2D eigenvalue weighted by molar-refractivity contribution is -0.140. The molecule has 0 aliphatic rings. The highest BCUT2D eigenvalue weighted by molar-refractivity contribution is 9.10. The van der Waals surface area contributed by atoms with Crippen molar-refractivity contribution in [3.63, 3.8) is 0 Å². The molecule has 3 nitrogen and oxygen atoms in total. The van der Waals surface area contributed by atoms with E-state index in [4.69, 9.17) is 5.11 Å². The Kier molecular flexibility index (Phi) is 4.23. The Morgan fingerprint density at radius 2 is 2.00 bits per heavy atom. The topological polar surface area (TPSA) is 49.3 Å². The van der Waals surface area contributed by atoms with E-state index in [1.165, 1.54) is 6.92 Å². The Labute approximate surface area is 99.6 Å². The smallest absolute Gasteiger partial charge is 0.308 e. The molecule has 88 valence electrons. The summed E-state index contributed by atoms with van der Waals surface area (Å²) in [6, 6.07) is 2.22. The molecule has 16 heavy (non-hydrogen) atoms. The van der Waals surface area contributed by atoms with E-state index >= 15 is 0 Å². The van der Waals surface area contributed by atoms with Crippen molar-refractivity contribution in [2.45, 2.75) is 6.92 Å². The third-order valence-corrected chi connectivity index (χ3v) is 2.47. The molecule has 6 heteroatoms. The molecule has 1 rings (SSSR count). The second-order valence-corrected chi connectivity index (χ2v) is 4.28. The van der Waals surface area contributed by atoms with Crippen LogP contribution >= 0.6 is 15.9 Å². The monoisotopic (exact) mass is 293 g/mol. The van der Waals surface area contributed by atoms with E-state index in [9.17, 15) is 13.6 Å². The molecule has 1 atom stereocenters. The van der Waals surface area contributed by atoms with Gasteiger partial charge in [0.2, 0.25) is 0 Å². The summed E-state index contributed by atoms with van der Waals surface area (Å²) in [5.74, 6) is -3.26. The van der Waals surface area contributed by atoms with Crippen molar-refractivity contribution in [1.82, 2.24) is 0 Å². The lowest BCUT2D eigenvalue weighted by atomic mass is 10.2. The molecule has 2 N–H and O–H groups in total. The third-order valence-electron chi connectivity index (χ3n) is 2.01. The van der Waals surface area contributed by atoms with Crippen molar-refractivity contribution in [3.8, 4) is 0 Å². The molecule has 0 fully saturated rings. The molecule has 0 bridgehead atoms. The molecule has 1 aromatic carbocycles. The Balaban J connectivity index is 2.78. The molecule has 1 unspecified atom stereocenters. The predicted octanol–water partition coefficient (Wildman–Crippen LogP) is 2.86. The zero-order chi connectivity index (χ0) is 12.3. The average Bonchev–Trinajstić information content (AvgIpc) is 2.15. The maximum absolute atomic E-state index is 13.3. The first-order valence-electron chi connectivity index (χ1n) is 4.53. The highest BCUT2D eigenvalue weighted by atomic mass is 79.9. The van der Waals surface area contributed by atoms with E-state index in [1.807, 2.05) is 0 Å². The van der Waals surface area contributed by atoms with Crippen LogP contribution in [0.25, 0.3) is 0 Å². The fourth-order valence-corrected chi connectivity index (χ4v) is 1.46. The Morgan fingerprint density at radius 3 is 2.44 bits per heavy atom. The van der Waals surface area contributed by atoms with Crippen molar-refractivity contribution in [2.24, 2.45) is 5.92 Å². The minimum Gasteiger partial charge on any atom is -0.481 e. The zero-order valence-corrected chi connectivity index (χ0v) is 10.0. The molecule has 1 aromatic rings. The summed E-state index contributed by atoms with van der Waals surface area (Å²) in [6.07, 6.45) is 0. The van der Waals surface area contributed by atoms with Gasteiger partial charge in [-0.25, -0.2) is 8.78 Å². The quantitative estimate of drug-likeness (QED) is 0.897. The molecule has 0 heterocycles. The van der Waals surface area contributed by atoms with Crippen LogP contribution in [0.15, 0.2) is 16.6 Å². The largest absolute Gasteiger partial charge is 0.481 e. The molecule has 0 saturated carbocycles. The normalized spacial score (nSPS) is 12.2. The Bertz CT molecular complexity index is 389. The highest BCUT2D eigenvalue weighted by Crippen LogP contribution is 2.23. The van der Waals surface area contributed by atoms with Crippen LogP contribution in [0.3, 0.4) is 0 Å². The van der Waals surface area contributed by atoms with Gasteiger partial charge in [0, 0.05) is 11.0 Å². The van der Waals surface area contributed by atoms with E-state index in [0.29, 0.717) is 4.47 Å². The minimum absolute atomic E-state index is 0.0369. The summed E-state index contributed by atoms with van der Waals surface area (Å²) in [6.45, 7) is 1.41. The number of carboxylic acids is 1. The number of hydrogen-bond acceptors (Lipinski definition) is 2. The van der Waals surface area contributed by atoms with Crippen LogP contribution in [0.4, 0.5) is 14.5 Å². The summed E-state index contributed by atoms with van der Waals surface area (Å²) >= 11 is 2.95. The number of hydrogen-bond donors (Lipinski definition) is 2. The number of carboxylic acid groups (broad SMARTS) is 1. The first-order chi connectivity index (χ1) is 7.41. The van der Waals surface area contributed by atoms with Crippen LogP contribution in [0.5, 0.6) is 0 Å². The summed E-state index contributed by atoms with van der Waals surface area (Å²) in [7, 11) is 0. The number of anilines is 1. The van der Waals surface area contributed by atoms with Crippen LogP contribution in [-0.2, 0) is 4.79 Å². The van der Waals surface area contributed by atoms with E-state index < -0.39 is 23.5 Å². The molecule has 0 saturated heterocycles. The van der Waals surface area contributed by atoms with Gasteiger partial charge in [0.05, 0.1) is 5.92 Å². The summed E-state index contributed by atoms with van der Waals surface area (Å²) in [5.41, 5.74) is -0.309. The second-order valence-electron chi connectivity index (χ2n) is 3.36. The highest BCUT2D eigenvalue weighted by Gasteiger charge is 2.14. The second kappa shape index (κ2) is 5.25. The summed E-state index contributed by atoms with van der Waals surface area (Å²) < 4.78 is 26.9. The molecule has 0 radical (unpaired) electrons. The third kappa shape index (κ3) is 3.16. The van der Waals surface area contributed by atoms with Gasteiger partial charge in [0.1, 0.15) is 17.3 Å². The van der Waals surface area contributed by atoms with E-state index in [-0.39, 0.29) is 12.2 Å². The minimum atomic E-state index is -1.02. The first-order valence-corrected chi connectivity index (χ1v) is 5.32.